The Labute approximate surface area is 102 Å². The molecule has 2 fully saturated rings. The molecule has 2 N–H and O–H groups in total. The lowest BCUT2D eigenvalue weighted by atomic mass is 10.3. The van der Waals surface area contributed by atoms with Crippen LogP contribution in [-0.4, -0.2) is 48.9 Å². The maximum Gasteiger partial charge on any atom is 0.239 e. The first-order chi connectivity index (χ1) is 8.15. The van der Waals surface area contributed by atoms with Gasteiger partial charge in [0.25, 0.3) is 0 Å². The number of rotatable bonds is 7. The van der Waals surface area contributed by atoms with Crippen LogP contribution in [0.1, 0.15) is 32.1 Å². The third-order valence-electron chi connectivity index (χ3n) is 3.10. The number of nitrogens with one attached hydrogen (secondary N) is 2. The topological polar surface area (TPSA) is 61.4 Å². The molecule has 17 heavy (non-hydrogen) atoms. The van der Waals surface area contributed by atoms with E-state index in [1.807, 2.05) is 0 Å². The van der Waals surface area contributed by atoms with Gasteiger partial charge in [-0.3, -0.25) is 9.59 Å². The summed E-state index contributed by atoms with van der Waals surface area (Å²) in [4.78, 5) is 24.7. The largest absolute Gasteiger partial charge is 0.352 e. The van der Waals surface area contributed by atoms with Crippen LogP contribution >= 0.6 is 0 Å². The van der Waals surface area contributed by atoms with E-state index in [4.69, 9.17) is 0 Å². The van der Waals surface area contributed by atoms with Gasteiger partial charge in [0.15, 0.2) is 0 Å². The monoisotopic (exact) mass is 239 g/mol. The van der Waals surface area contributed by atoms with Crippen LogP contribution in [0.2, 0.25) is 0 Å². The highest BCUT2D eigenvalue weighted by Gasteiger charge is 2.24. The maximum atomic E-state index is 11.7. The zero-order chi connectivity index (χ0) is 12.3. The number of amides is 2. The van der Waals surface area contributed by atoms with Gasteiger partial charge in [0, 0.05) is 32.1 Å². The molecule has 0 aromatic heterocycles. The second-order valence-corrected chi connectivity index (χ2v) is 5.07. The van der Waals surface area contributed by atoms with Gasteiger partial charge in [-0.1, -0.05) is 0 Å². The van der Waals surface area contributed by atoms with Crippen LogP contribution in [0.3, 0.4) is 0 Å². The predicted molar refractivity (Wildman–Crippen MR) is 64.4 cm³/mol. The van der Waals surface area contributed by atoms with Crippen LogP contribution in [0.15, 0.2) is 0 Å². The predicted octanol–water partition coefficient (Wildman–Crippen LogP) is -0.134. The molecule has 0 bridgehead atoms. The Hall–Kier alpha value is -1.10. The fraction of sp³-hybridized carbons (Fsp3) is 0.833. The van der Waals surface area contributed by atoms with Crippen molar-refractivity contribution in [2.24, 2.45) is 0 Å². The van der Waals surface area contributed by atoms with Crippen molar-refractivity contribution in [1.82, 2.24) is 15.5 Å². The Kier molecular flexibility index (Phi) is 3.99. The number of likely N-dealkylation sites (N-methyl/N-ethyl adjacent to an activating group) is 1. The summed E-state index contributed by atoms with van der Waals surface area (Å²) >= 11 is 0. The zero-order valence-electron chi connectivity index (χ0n) is 10.4. The average molecular weight is 239 g/mol. The van der Waals surface area contributed by atoms with Gasteiger partial charge in [-0.2, -0.15) is 0 Å². The van der Waals surface area contributed by atoms with Gasteiger partial charge in [0.2, 0.25) is 11.8 Å². The van der Waals surface area contributed by atoms with Crippen molar-refractivity contribution < 1.29 is 9.59 Å². The molecule has 0 atom stereocenters. The molecule has 0 aromatic rings. The molecule has 2 aliphatic rings. The Bertz CT molecular complexity index is 298. The summed E-state index contributed by atoms with van der Waals surface area (Å²) in [6.07, 6.45) is 5.09. The molecule has 5 heteroatoms. The molecule has 0 radical (unpaired) electrons. The third-order valence-corrected chi connectivity index (χ3v) is 3.10. The fourth-order valence-corrected chi connectivity index (χ4v) is 1.67. The summed E-state index contributed by atoms with van der Waals surface area (Å²) in [6.45, 7) is 0.900. The van der Waals surface area contributed by atoms with Crippen molar-refractivity contribution in [1.29, 1.82) is 0 Å². The number of hydrogen-bond donors (Lipinski definition) is 2. The van der Waals surface area contributed by atoms with Crippen molar-refractivity contribution in [3.8, 4) is 0 Å². The molecule has 2 saturated carbocycles. The number of carbonyl (C=O) groups is 2. The summed E-state index contributed by atoms with van der Waals surface area (Å²) < 4.78 is 0. The molecule has 0 saturated heterocycles. The molecule has 2 amide bonds. The molecule has 0 spiro atoms. The van der Waals surface area contributed by atoms with Crippen LogP contribution in [0.4, 0.5) is 0 Å². The van der Waals surface area contributed by atoms with Crippen molar-refractivity contribution in [3.05, 3.63) is 0 Å². The molecule has 0 aliphatic heterocycles. The van der Waals surface area contributed by atoms with E-state index in [1.165, 1.54) is 17.7 Å². The van der Waals surface area contributed by atoms with Gasteiger partial charge < -0.3 is 15.5 Å². The number of nitrogens with zero attached hydrogens (tertiary/aromatic N) is 1. The second kappa shape index (κ2) is 5.49. The molecular formula is C12H21N3O2. The molecule has 5 nitrogen and oxygen atoms in total. The van der Waals surface area contributed by atoms with Crippen LogP contribution in [0.25, 0.3) is 0 Å². The minimum Gasteiger partial charge on any atom is -0.352 e. The summed E-state index contributed by atoms with van der Waals surface area (Å²) in [6, 6.07) is 0.994. The first-order valence-electron chi connectivity index (χ1n) is 6.42. The lowest BCUT2D eigenvalue weighted by molar-refractivity contribution is -0.134. The smallest absolute Gasteiger partial charge is 0.239 e. The Morgan fingerprint density at radius 1 is 1.18 bits per heavy atom. The van der Waals surface area contributed by atoms with E-state index in [9.17, 15) is 9.59 Å². The summed E-state index contributed by atoms with van der Waals surface area (Å²) in [5.41, 5.74) is 0. The van der Waals surface area contributed by atoms with E-state index in [2.05, 4.69) is 10.6 Å². The maximum absolute atomic E-state index is 11.7. The van der Waals surface area contributed by atoms with E-state index < -0.39 is 0 Å². The molecule has 0 aromatic carbocycles. The molecule has 96 valence electrons. The van der Waals surface area contributed by atoms with Gasteiger partial charge >= 0.3 is 0 Å². The van der Waals surface area contributed by atoms with Crippen LogP contribution in [0.5, 0.6) is 0 Å². The van der Waals surface area contributed by atoms with Crippen LogP contribution in [0, 0.1) is 0 Å². The highest BCUT2D eigenvalue weighted by atomic mass is 16.2. The Balaban J connectivity index is 1.57. The van der Waals surface area contributed by atoms with E-state index in [0.717, 1.165) is 19.4 Å². The van der Waals surface area contributed by atoms with Crippen molar-refractivity contribution in [2.45, 2.75) is 44.2 Å². The van der Waals surface area contributed by atoms with Gasteiger partial charge in [0.05, 0.1) is 6.54 Å². The van der Waals surface area contributed by atoms with Crippen molar-refractivity contribution in [2.75, 3.05) is 20.1 Å². The zero-order valence-corrected chi connectivity index (χ0v) is 10.4. The lowest BCUT2D eigenvalue weighted by Crippen LogP contribution is -2.40. The minimum atomic E-state index is -0.0431. The van der Waals surface area contributed by atoms with Crippen LogP contribution < -0.4 is 10.6 Å². The highest BCUT2D eigenvalue weighted by molar-refractivity contribution is 5.84. The normalized spacial score (nSPS) is 18.9. The Morgan fingerprint density at radius 2 is 1.82 bits per heavy atom. The van der Waals surface area contributed by atoms with Crippen molar-refractivity contribution >= 4 is 11.8 Å². The number of hydrogen-bond acceptors (Lipinski definition) is 3. The average Bonchev–Trinajstić information content (AvgIpc) is 3.11. The molecule has 0 heterocycles. The first kappa shape index (κ1) is 12.4. The SMILES string of the molecule is CN(CC(=O)NC1CC1)C(=O)CCNC1CC1. The summed E-state index contributed by atoms with van der Waals surface area (Å²) in [5, 5.41) is 6.17. The lowest BCUT2D eigenvalue weighted by Gasteiger charge is -2.16. The van der Waals surface area contributed by atoms with Gasteiger partial charge in [-0.05, 0) is 25.7 Å². The molecule has 2 rings (SSSR count). The quantitative estimate of drug-likeness (QED) is 0.650. The molecule has 0 unspecified atom stereocenters. The third kappa shape index (κ3) is 4.73. The summed E-state index contributed by atoms with van der Waals surface area (Å²) in [7, 11) is 1.69. The molecular weight excluding hydrogens is 218 g/mol. The van der Waals surface area contributed by atoms with Gasteiger partial charge in [-0.25, -0.2) is 0 Å². The molecule has 2 aliphatic carbocycles. The highest BCUT2D eigenvalue weighted by Crippen LogP contribution is 2.18. The second-order valence-electron chi connectivity index (χ2n) is 5.07. The van der Waals surface area contributed by atoms with E-state index >= 15 is 0 Å². The van der Waals surface area contributed by atoms with Gasteiger partial charge in [-0.15, -0.1) is 0 Å². The van der Waals surface area contributed by atoms with Crippen molar-refractivity contribution in [3.63, 3.8) is 0 Å². The summed E-state index contributed by atoms with van der Waals surface area (Å²) in [5.74, 6) is -0.0115. The van der Waals surface area contributed by atoms with Crippen LogP contribution in [-0.2, 0) is 9.59 Å². The standard InChI is InChI=1S/C12H21N3O2/c1-15(8-11(16)14-10-4-5-10)12(17)6-7-13-9-2-3-9/h9-10,13H,2-8H2,1H3,(H,14,16). The minimum absolute atomic E-state index is 0.0316. The van der Waals surface area contributed by atoms with Gasteiger partial charge in [0.1, 0.15) is 0 Å². The fourth-order valence-electron chi connectivity index (χ4n) is 1.67. The Morgan fingerprint density at radius 3 is 2.41 bits per heavy atom. The number of carbonyl (C=O) groups excluding carboxylic acids is 2. The first-order valence-corrected chi connectivity index (χ1v) is 6.42. The van der Waals surface area contributed by atoms with E-state index in [1.54, 1.807) is 7.05 Å². The van der Waals surface area contributed by atoms with E-state index in [-0.39, 0.29) is 18.4 Å². The van der Waals surface area contributed by atoms with E-state index in [0.29, 0.717) is 18.5 Å².